The highest BCUT2D eigenvalue weighted by Crippen LogP contribution is 2.22. The summed E-state index contributed by atoms with van der Waals surface area (Å²) in [5.41, 5.74) is 7.41. The van der Waals surface area contributed by atoms with Crippen molar-refractivity contribution in [3.8, 4) is 0 Å². The van der Waals surface area contributed by atoms with Crippen LogP contribution in [-0.2, 0) is 9.53 Å². The first-order chi connectivity index (χ1) is 9.16. The zero-order valence-corrected chi connectivity index (χ0v) is 12.3. The van der Waals surface area contributed by atoms with Gasteiger partial charge in [0, 0.05) is 30.5 Å². The van der Waals surface area contributed by atoms with E-state index in [1.165, 1.54) is 0 Å². The molecule has 1 aromatic rings. The van der Waals surface area contributed by atoms with Crippen LogP contribution >= 0.6 is 15.9 Å². The van der Waals surface area contributed by atoms with Gasteiger partial charge >= 0.3 is 0 Å². The fraction of sp³-hybridized carbons (Fsp3) is 0.462. The van der Waals surface area contributed by atoms with Crippen LogP contribution in [0.25, 0.3) is 0 Å². The molecule has 0 aromatic heterocycles. The Kier molecular flexibility index (Phi) is 5.04. The van der Waals surface area contributed by atoms with E-state index in [0.717, 1.165) is 10.2 Å². The predicted molar refractivity (Wildman–Crippen MR) is 79.1 cm³/mol. The minimum atomic E-state index is 0.159. The Labute approximate surface area is 121 Å². The molecule has 6 heteroatoms. The highest BCUT2D eigenvalue weighted by Gasteiger charge is 2.16. The van der Waals surface area contributed by atoms with Gasteiger partial charge in [-0.15, -0.1) is 0 Å². The van der Waals surface area contributed by atoms with E-state index in [0.29, 0.717) is 45.0 Å². The Morgan fingerprint density at radius 1 is 1.42 bits per heavy atom. The van der Waals surface area contributed by atoms with Gasteiger partial charge in [-0.05, 0) is 18.2 Å². The van der Waals surface area contributed by atoms with Gasteiger partial charge in [0.15, 0.2) is 0 Å². The molecule has 1 aromatic carbocycles. The molecule has 1 heterocycles. The van der Waals surface area contributed by atoms with Crippen molar-refractivity contribution in [2.75, 3.05) is 43.9 Å². The topological polar surface area (TPSA) is 67.6 Å². The molecule has 5 nitrogen and oxygen atoms in total. The minimum absolute atomic E-state index is 0.159. The number of morpholine rings is 1. The Balaban J connectivity index is 1.78. The molecular weight excluding hydrogens is 310 g/mol. The zero-order chi connectivity index (χ0) is 13.7. The summed E-state index contributed by atoms with van der Waals surface area (Å²) in [5.74, 6) is 0.159. The smallest absolute Gasteiger partial charge is 0.224 e. The molecular formula is C13H18BrN3O2. The summed E-state index contributed by atoms with van der Waals surface area (Å²) in [6.07, 6.45) is 0.468. The number of nitrogens with one attached hydrogen (secondary N) is 1. The molecule has 1 amide bonds. The number of halogens is 1. The van der Waals surface area contributed by atoms with Gasteiger partial charge in [0.05, 0.1) is 24.6 Å². The molecule has 0 atom stereocenters. The number of hydrogen-bond donors (Lipinski definition) is 2. The van der Waals surface area contributed by atoms with E-state index in [1.807, 2.05) is 23.1 Å². The van der Waals surface area contributed by atoms with Crippen molar-refractivity contribution < 1.29 is 9.53 Å². The van der Waals surface area contributed by atoms with Crippen molar-refractivity contribution in [1.29, 1.82) is 0 Å². The molecule has 0 bridgehead atoms. The summed E-state index contributed by atoms with van der Waals surface area (Å²) < 4.78 is 6.16. The predicted octanol–water partition coefficient (Wildman–Crippen LogP) is 1.69. The van der Waals surface area contributed by atoms with Crippen molar-refractivity contribution in [3.63, 3.8) is 0 Å². The van der Waals surface area contributed by atoms with E-state index in [-0.39, 0.29) is 5.91 Å². The second-order valence-corrected chi connectivity index (χ2v) is 5.32. The summed E-state index contributed by atoms with van der Waals surface area (Å²) in [6, 6.07) is 5.66. The number of benzene rings is 1. The van der Waals surface area contributed by atoms with Gasteiger partial charge in [0.25, 0.3) is 0 Å². The average Bonchev–Trinajstić information content (AvgIpc) is 2.42. The first-order valence-electron chi connectivity index (χ1n) is 6.31. The number of rotatable bonds is 4. The highest BCUT2D eigenvalue weighted by molar-refractivity contribution is 9.10. The number of anilines is 2. The van der Waals surface area contributed by atoms with Gasteiger partial charge in [-0.2, -0.15) is 0 Å². The van der Waals surface area contributed by atoms with E-state index in [2.05, 4.69) is 21.2 Å². The lowest BCUT2D eigenvalue weighted by molar-refractivity contribution is -0.134. The van der Waals surface area contributed by atoms with Crippen LogP contribution in [0.3, 0.4) is 0 Å². The largest absolute Gasteiger partial charge is 0.397 e. The Bertz CT molecular complexity index is 448. The molecule has 104 valence electrons. The van der Waals surface area contributed by atoms with Gasteiger partial charge < -0.3 is 20.7 Å². The molecule has 0 spiro atoms. The van der Waals surface area contributed by atoms with Crippen LogP contribution in [0, 0.1) is 0 Å². The van der Waals surface area contributed by atoms with E-state index in [4.69, 9.17) is 10.5 Å². The Morgan fingerprint density at radius 2 is 2.16 bits per heavy atom. The molecule has 0 aliphatic carbocycles. The lowest BCUT2D eigenvalue weighted by Crippen LogP contribution is -2.41. The van der Waals surface area contributed by atoms with Crippen LogP contribution < -0.4 is 11.1 Å². The minimum Gasteiger partial charge on any atom is -0.397 e. The molecule has 0 saturated carbocycles. The average molecular weight is 328 g/mol. The molecule has 19 heavy (non-hydrogen) atoms. The molecule has 1 aliphatic rings. The maximum absolute atomic E-state index is 11.9. The number of amides is 1. The summed E-state index contributed by atoms with van der Waals surface area (Å²) >= 11 is 3.36. The molecule has 1 aliphatic heterocycles. The highest BCUT2D eigenvalue weighted by atomic mass is 79.9. The molecule has 0 unspecified atom stereocenters. The van der Waals surface area contributed by atoms with Crippen molar-refractivity contribution in [2.24, 2.45) is 0 Å². The summed E-state index contributed by atoms with van der Waals surface area (Å²) in [6.45, 7) is 3.25. The quantitative estimate of drug-likeness (QED) is 0.826. The second kappa shape index (κ2) is 6.77. The number of nitrogen functional groups attached to an aromatic ring is 1. The van der Waals surface area contributed by atoms with Crippen molar-refractivity contribution >= 4 is 33.2 Å². The van der Waals surface area contributed by atoms with Gasteiger partial charge in [-0.3, -0.25) is 4.79 Å². The monoisotopic (exact) mass is 327 g/mol. The molecule has 3 N–H and O–H groups in total. The number of nitrogens with zero attached hydrogens (tertiary/aromatic N) is 1. The fourth-order valence-electron chi connectivity index (χ4n) is 1.97. The van der Waals surface area contributed by atoms with Gasteiger partial charge in [-0.1, -0.05) is 15.9 Å². The summed E-state index contributed by atoms with van der Waals surface area (Å²) in [4.78, 5) is 13.8. The van der Waals surface area contributed by atoms with Crippen molar-refractivity contribution in [3.05, 3.63) is 22.7 Å². The first-order valence-corrected chi connectivity index (χ1v) is 7.10. The lowest BCUT2D eigenvalue weighted by atomic mass is 10.2. The van der Waals surface area contributed by atoms with Crippen molar-refractivity contribution in [1.82, 2.24) is 4.90 Å². The lowest BCUT2D eigenvalue weighted by Gasteiger charge is -2.27. The molecule has 2 rings (SSSR count). The van der Waals surface area contributed by atoms with Crippen LogP contribution in [-0.4, -0.2) is 43.7 Å². The fourth-order valence-corrected chi connectivity index (χ4v) is 2.35. The van der Waals surface area contributed by atoms with E-state index < -0.39 is 0 Å². The van der Waals surface area contributed by atoms with Gasteiger partial charge in [0.2, 0.25) is 5.91 Å². The third-order valence-electron chi connectivity index (χ3n) is 3.03. The Morgan fingerprint density at radius 3 is 2.84 bits per heavy atom. The molecule has 1 saturated heterocycles. The van der Waals surface area contributed by atoms with Crippen LogP contribution in [0.15, 0.2) is 22.7 Å². The van der Waals surface area contributed by atoms with E-state index in [1.54, 1.807) is 0 Å². The van der Waals surface area contributed by atoms with Crippen LogP contribution in [0.1, 0.15) is 6.42 Å². The van der Waals surface area contributed by atoms with E-state index in [9.17, 15) is 4.79 Å². The third kappa shape index (κ3) is 4.11. The van der Waals surface area contributed by atoms with E-state index >= 15 is 0 Å². The van der Waals surface area contributed by atoms with Gasteiger partial charge in [-0.25, -0.2) is 0 Å². The normalized spacial score (nSPS) is 15.3. The summed E-state index contributed by atoms with van der Waals surface area (Å²) in [7, 11) is 0. The Hall–Kier alpha value is -1.27. The maximum atomic E-state index is 11.9. The number of hydrogen-bond acceptors (Lipinski definition) is 4. The second-order valence-electron chi connectivity index (χ2n) is 4.40. The van der Waals surface area contributed by atoms with Crippen LogP contribution in [0.2, 0.25) is 0 Å². The SMILES string of the molecule is Nc1cc(Br)ccc1NCCC(=O)N1CCOCC1. The van der Waals surface area contributed by atoms with Crippen LogP contribution in [0.4, 0.5) is 11.4 Å². The number of nitrogens with two attached hydrogens (primary N) is 1. The van der Waals surface area contributed by atoms with Crippen LogP contribution in [0.5, 0.6) is 0 Å². The standard InChI is InChI=1S/C13H18BrN3O2/c14-10-1-2-12(11(15)9-10)16-4-3-13(18)17-5-7-19-8-6-17/h1-2,9,16H,3-8,15H2. The summed E-state index contributed by atoms with van der Waals surface area (Å²) in [5, 5.41) is 3.19. The first kappa shape index (κ1) is 14.1. The number of ether oxygens (including phenoxy) is 1. The van der Waals surface area contributed by atoms with Gasteiger partial charge in [0.1, 0.15) is 0 Å². The number of carbonyl (C=O) groups is 1. The number of carbonyl (C=O) groups excluding carboxylic acids is 1. The molecule has 1 fully saturated rings. The zero-order valence-electron chi connectivity index (χ0n) is 10.7. The molecule has 0 radical (unpaired) electrons. The maximum Gasteiger partial charge on any atom is 0.224 e. The third-order valence-corrected chi connectivity index (χ3v) is 3.52. The van der Waals surface area contributed by atoms with Crippen molar-refractivity contribution in [2.45, 2.75) is 6.42 Å².